The number of nitrogens with zero attached hydrogens (tertiary/aromatic N) is 2. The molecule has 0 radical (unpaired) electrons. The van der Waals surface area contributed by atoms with Crippen LogP contribution >= 0.6 is 24.8 Å². The number of alkyl halides is 3. The van der Waals surface area contributed by atoms with Crippen LogP contribution in [0.4, 0.5) is 24.5 Å². The van der Waals surface area contributed by atoms with Gasteiger partial charge in [0, 0.05) is 37.6 Å². The fourth-order valence-corrected chi connectivity index (χ4v) is 2.92. The molecule has 154 valence electrons. The van der Waals surface area contributed by atoms with Gasteiger partial charge in [-0.05, 0) is 42.5 Å². The second kappa shape index (κ2) is 9.25. The number of aromatic hydroxyl groups is 1. The Morgan fingerprint density at radius 2 is 1.54 bits per heavy atom. The summed E-state index contributed by atoms with van der Waals surface area (Å²) >= 11 is 0. The van der Waals surface area contributed by atoms with Crippen molar-refractivity contribution in [2.75, 3.05) is 36.8 Å². The van der Waals surface area contributed by atoms with E-state index in [0.717, 1.165) is 23.9 Å². The Hall–Kier alpha value is -2.32. The number of hydrogen-bond donors (Lipinski definition) is 2. The van der Waals surface area contributed by atoms with Crippen LogP contribution in [-0.2, 0) is 6.18 Å². The van der Waals surface area contributed by atoms with E-state index in [2.05, 4.69) is 0 Å². The highest BCUT2D eigenvalue weighted by molar-refractivity contribution is 5.99. The standard InChI is InChI=1S/C18H18F3N3O2.2ClH/c19-18(20,21)12-1-6-16(22)15(11-12)17(26)24-9-7-23(8-10-24)13-2-4-14(25)5-3-13;;/h1-6,11,25H,7-10,22H2;2*1H. The number of carbonyl (C=O) groups excluding carboxylic acids is 1. The highest BCUT2D eigenvalue weighted by Gasteiger charge is 2.32. The Kier molecular flexibility index (Phi) is 7.84. The molecule has 0 saturated carbocycles. The molecule has 0 bridgehead atoms. The first-order valence-corrected chi connectivity index (χ1v) is 8.05. The summed E-state index contributed by atoms with van der Waals surface area (Å²) in [5.74, 6) is -0.332. The van der Waals surface area contributed by atoms with Crippen LogP contribution in [0, 0.1) is 0 Å². The van der Waals surface area contributed by atoms with E-state index in [0.29, 0.717) is 26.2 Å². The van der Waals surface area contributed by atoms with Gasteiger partial charge in [-0.2, -0.15) is 13.2 Å². The maximum absolute atomic E-state index is 12.9. The first-order chi connectivity index (χ1) is 12.3. The van der Waals surface area contributed by atoms with Crippen molar-refractivity contribution in [2.45, 2.75) is 6.18 Å². The normalized spacial score (nSPS) is 14.1. The topological polar surface area (TPSA) is 69.8 Å². The molecule has 10 heteroatoms. The Balaban J connectivity index is 0.00000196. The molecule has 28 heavy (non-hydrogen) atoms. The van der Waals surface area contributed by atoms with Crippen molar-refractivity contribution in [3.8, 4) is 5.75 Å². The third-order valence-electron chi connectivity index (χ3n) is 4.39. The van der Waals surface area contributed by atoms with E-state index in [9.17, 15) is 23.1 Å². The first-order valence-electron chi connectivity index (χ1n) is 8.05. The summed E-state index contributed by atoms with van der Waals surface area (Å²) in [5.41, 5.74) is 5.65. The molecule has 2 aromatic carbocycles. The number of benzene rings is 2. The van der Waals surface area contributed by atoms with Crippen LogP contribution < -0.4 is 10.6 Å². The van der Waals surface area contributed by atoms with Crippen LogP contribution in [0.1, 0.15) is 15.9 Å². The number of nitrogens with two attached hydrogens (primary N) is 1. The van der Waals surface area contributed by atoms with Crippen LogP contribution in [0.25, 0.3) is 0 Å². The third kappa shape index (κ3) is 5.14. The van der Waals surface area contributed by atoms with E-state index in [1.54, 1.807) is 24.3 Å². The molecule has 5 nitrogen and oxygen atoms in total. The van der Waals surface area contributed by atoms with Crippen molar-refractivity contribution in [1.29, 1.82) is 0 Å². The highest BCUT2D eigenvalue weighted by atomic mass is 35.5. The molecule has 1 amide bonds. The molecular weight excluding hydrogens is 418 g/mol. The van der Waals surface area contributed by atoms with Crippen LogP contribution in [0.3, 0.4) is 0 Å². The number of phenolic OH excluding ortho intramolecular Hbond substituents is 1. The largest absolute Gasteiger partial charge is 0.508 e. The number of nitrogen functional groups attached to an aromatic ring is 1. The zero-order chi connectivity index (χ0) is 18.9. The van der Waals surface area contributed by atoms with Gasteiger partial charge in [0.05, 0.1) is 11.1 Å². The maximum atomic E-state index is 12.9. The summed E-state index contributed by atoms with van der Waals surface area (Å²) in [6, 6.07) is 9.50. The molecule has 1 fully saturated rings. The Morgan fingerprint density at radius 3 is 2.07 bits per heavy atom. The minimum absolute atomic E-state index is 0. The van der Waals surface area contributed by atoms with Crippen molar-refractivity contribution >= 4 is 42.1 Å². The number of halogens is 5. The smallest absolute Gasteiger partial charge is 0.416 e. The zero-order valence-electron chi connectivity index (χ0n) is 14.6. The second-order valence-corrected chi connectivity index (χ2v) is 6.10. The van der Waals surface area contributed by atoms with Crippen molar-refractivity contribution in [3.63, 3.8) is 0 Å². The van der Waals surface area contributed by atoms with Gasteiger partial charge in [-0.1, -0.05) is 0 Å². The van der Waals surface area contributed by atoms with E-state index in [1.165, 1.54) is 4.90 Å². The van der Waals surface area contributed by atoms with Gasteiger partial charge in [0.2, 0.25) is 0 Å². The SMILES string of the molecule is Cl.Cl.Nc1ccc(C(F)(F)F)cc1C(=O)N1CCN(c2ccc(O)cc2)CC1. The molecule has 1 saturated heterocycles. The molecule has 3 N–H and O–H groups in total. The summed E-state index contributed by atoms with van der Waals surface area (Å²) in [4.78, 5) is 16.2. The predicted octanol–water partition coefficient (Wildman–Crippen LogP) is 3.80. The van der Waals surface area contributed by atoms with Gasteiger partial charge in [0.15, 0.2) is 0 Å². The molecule has 0 spiro atoms. The van der Waals surface area contributed by atoms with Gasteiger partial charge >= 0.3 is 6.18 Å². The van der Waals surface area contributed by atoms with Crippen molar-refractivity contribution < 1.29 is 23.1 Å². The van der Waals surface area contributed by atoms with E-state index in [-0.39, 0.29) is 41.8 Å². The molecule has 0 unspecified atom stereocenters. The molecule has 3 rings (SSSR count). The summed E-state index contributed by atoms with van der Waals surface area (Å²) < 4.78 is 38.6. The number of phenols is 1. The fraction of sp³-hybridized carbons (Fsp3) is 0.278. The van der Waals surface area contributed by atoms with E-state index in [1.807, 2.05) is 4.90 Å². The summed E-state index contributed by atoms with van der Waals surface area (Å²) in [6.07, 6.45) is -4.53. The van der Waals surface area contributed by atoms with E-state index in [4.69, 9.17) is 5.73 Å². The number of hydrogen-bond acceptors (Lipinski definition) is 4. The van der Waals surface area contributed by atoms with Crippen LogP contribution in [0.15, 0.2) is 42.5 Å². The van der Waals surface area contributed by atoms with Crippen molar-refractivity contribution in [1.82, 2.24) is 4.90 Å². The van der Waals surface area contributed by atoms with E-state index >= 15 is 0 Å². The average Bonchev–Trinajstić information content (AvgIpc) is 2.61. The van der Waals surface area contributed by atoms with Gasteiger partial charge in [-0.15, -0.1) is 24.8 Å². The van der Waals surface area contributed by atoms with Crippen molar-refractivity contribution in [3.05, 3.63) is 53.6 Å². The van der Waals surface area contributed by atoms with Crippen LogP contribution in [0.5, 0.6) is 5.75 Å². The zero-order valence-corrected chi connectivity index (χ0v) is 16.3. The van der Waals surface area contributed by atoms with Gasteiger partial charge in [-0.3, -0.25) is 4.79 Å². The lowest BCUT2D eigenvalue weighted by molar-refractivity contribution is -0.137. The van der Waals surface area contributed by atoms with Crippen LogP contribution in [-0.4, -0.2) is 42.1 Å². The third-order valence-corrected chi connectivity index (χ3v) is 4.39. The highest BCUT2D eigenvalue weighted by Crippen LogP contribution is 2.31. The summed E-state index contributed by atoms with van der Waals surface area (Å²) in [5, 5.41) is 9.34. The average molecular weight is 438 g/mol. The second-order valence-electron chi connectivity index (χ2n) is 6.10. The van der Waals surface area contributed by atoms with Gasteiger partial charge in [0.25, 0.3) is 5.91 Å². The molecular formula is C18H20Cl2F3N3O2. The molecule has 1 heterocycles. The lowest BCUT2D eigenvalue weighted by Crippen LogP contribution is -2.49. The minimum Gasteiger partial charge on any atom is -0.508 e. The lowest BCUT2D eigenvalue weighted by Gasteiger charge is -2.36. The Bertz CT molecular complexity index is 809. The van der Waals surface area contributed by atoms with Gasteiger partial charge in [0.1, 0.15) is 5.75 Å². The first kappa shape index (κ1) is 23.7. The molecule has 0 aromatic heterocycles. The molecule has 1 aliphatic heterocycles. The van der Waals surface area contributed by atoms with Gasteiger partial charge in [-0.25, -0.2) is 0 Å². The Morgan fingerprint density at radius 1 is 0.964 bits per heavy atom. The minimum atomic E-state index is -4.53. The van der Waals surface area contributed by atoms with Crippen LogP contribution in [0.2, 0.25) is 0 Å². The lowest BCUT2D eigenvalue weighted by atomic mass is 10.1. The number of rotatable bonds is 2. The number of carbonyl (C=O) groups is 1. The summed E-state index contributed by atoms with van der Waals surface area (Å²) in [7, 11) is 0. The summed E-state index contributed by atoms with van der Waals surface area (Å²) in [6.45, 7) is 1.82. The molecule has 0 atom stereocenters. The molecule has 2 aromatic rings. The monoisotopic (exact) mass is 437 g/mol. The maximum Gasteiger partial charge on any atom is 0.416 e. The quantitative estimate of drug-likeness (QED) is 0.701. The Labute approximate surface area is 172 Å². The van der Waals surface area contributed by atoms with E-state index < -0.39 is 17.6 Å². The van der Waals surface area contributed by atoms with Gasteiger partial charge < -0.3 is 20.6 Å². The fourth-order valence-electron chi connectivity index (χ4n) is 2.92. The predicted molar refractivity (Wildman–Crippen MR) is 107 cm³/mol. The van der Waals surface area contributed by atoms with Crippen molar-refractivity contribution in [2.24, 2.45) is 0 Å². The molecule has 0 aliphatic carbocycles. The number of amides is 1. The molecule has 1 aliphatic rings. The number of anilines is 2. The number of piperazine rings is 1.